The molecule has 1 N–H and O–H groups in total. The van der Waals surface area contributed by atoms with Gasteiger partial charge in [-0.05, 0) is 30.7 Å². The van der Waals surface area contributed by atoms with Gasteiger partial charge in [-0.1, -0.05) is 15.9 Å². The maximum absolute atomic E-state index is 11.8. The third-order valence-electron chi connectivity index (χ3n) is 2.21. The summed E-state index contributed by atoms with van der Waals surface area (Å²) in [7, 11) is 1.76. The van der Waals surface area contributed by atoms with Crippen molar-refractivity contribution in [1.82, 2.24) is 4.90 Å². The van der Waals surface area contributed by atoms with Crippen LogP contribution in [0.4, 0.5) is 0 Å². The van der Waals surface area contributed by atoms with Crippen LogP contribution in [-0.2, 0) is 0 Å². The molecule has 15 heavy (non-hydrogen) atoms. The van der Waals surface area contributed by atoms with Crippen molar-refractivity contribution in [1.29, 1.82) is 0 Å². The van der Waals surface area contributed by atoms with Crippen molar-refractivity contribution in [2.45, 2.75) is 6.92 Å². The quantitative estimate of drug-likeness (QED) is 0.857. The zero-order chi connectivity index (χ0) is 11.4. The van der Waals surface area contributed by atoms with Crippen LogP contribution in [0.25, 0.3) is 0 Å². The Bertz CT molecular complexity index is 366. The Labute approximate surface area is 97.8 Å². The van der Waals surface area contributed by atoms with Crippen LogP contribution in [0.1, 0.15) is 15.9 Å². The monoisotopic (exact) mass is 271 g/mol. The largest absolute Gasteiger partial charge is 0.508 e. The Morgan fingerprint density at radius 1 is 1.53 bits per heavy atom. The van der Waals surface area contributed by atoms with Crippen LogP contribution in [0.5, 0.6) is 5.75 Å². The summed E-state index contributed by atoms with van der Waals surface area (Å²) in [6.45, 7) is 2.44. The molecule has 0 aromatic heterocycles. The number of aromatic hydroxyl groups is 1. The highest BCUT2D eigenvalue weighted by molar-refractivity contribution is 9.09. The molecule has 82 valence electrons. The van der Waals surface area contributed by atoms with Gasteiger partial charge in [0.15, 0.2) is 0 Å². The lowest BCUT2D eigenvalue weighted by atomic mass is 10.1. The number of phenolic OH excluding ortho intramolecular Hbond substituents is 1. The van der Waals surface area contributed by atoms with E-state index in [1.54, 1.807) is 37.1 Å². The minimum atomic E-state index is -0.0300. The molecule has 1 aromatic carbocycles. The molecular weight excluding hydrogens is 258 g/mol. The van der Waals surface area contributed by atoms with Gasteiger partial charge in [0.25, 0.3) is 5.91 Å². The van der Waals surface area contributed by atoms with Crippen LogP contribution in [0.3, 0.4) is 0 Å². The van der Waals surface area contributed by atoms with Crippen LogP contribution in [0.15, 0.2) is 18.2 Å². The van der Waals surface area contributed by atoms with Crippen molar-refractivity contribution < 1.29 is 9.90 Å². The molecule has 0 aliphatic heterocycles. The second kappa shape index (κ2) is 5.16. The van der Waals surface area contributed by atoms with Gasteiger partial charge < -0.3 is 10.0 Å². The first-order chi connectivity index (χ1) is 7.06. The van der Waals surface area contributed by atoms with Gasteiger partial charge in [0.2, 0.25) is 0 Å². The van der Waals surface area contributed by atoms with E-state index in [1.807, 2.05) is 0 Å². The lowest BCUT2D eigenvalue weighted by Crippen LogP contribution is -2.28. The molecule has 0 bridgehead atoms. The molecule has 0 atom stereocenters. The second-order valence-electron chi connectivity index (χ2n) is 3.42. The maximum atomic E-state index is 11.8. The maximum Gasteiger partial charge on any atom is 0.253 e. The van der Waals surface area contributed by atoms with E-state index in [0.29, 0.717) is 17.7 Å². The third-order valence-corrected chi connectivity index (χ3v) is 2.57. The molecule has 0 saturated heterocycles. The number of hydrogen-bond donors (Lipinski definition) is 1. The summed E-state index contributed by atoms with van der Waals surface area (Å²) in [4.78, 5) is 13.5. The fourth-order valence-electron chi connectivity index (χ4n) is 1.24. The van der Waals surface area contributed by atoms with E-state index in [0.717, 1.165) is 5.33 Å². The van der Waals surface area contributed by atoms with Gasteiger partial charge in [0.1, 0.15) is 5.75 Å². The topological polar surface area (TPSA) is 40.5 Å². The predicted molar refractivity (Wildman–Crippen MR) is 63.6 cm³/mol. The number of phenols is 1. The third kappa shape index (κ3) is 2.96. The normalized spacial score (nSPS) is 10.1. The number of aryl methyl sites for hydroxylation is 1. The average Bonchev–Trinajstić information content (AvgIpc) is 2.21. The molecule has 4 heteroatoms. The molecule has 0 heterocycles. The van der Waals surface area contributed by atoms with Gasteiger partial charge in [-0.3, -0.25) is 4.79 Å². The number of carbonyl (C=O) groups is 1. The minimum Gasteiger partial charge on any atom is -0.508 e. The highest BCUT2D eigenvalue weighted by Crippen LogP contribution is 2.17. The molecule has 1 rings (SSSR count). The molecular formula is C11H14BrNO2. The molecule has 0 unspecified atom stereocenters. The fraction of sp³-hybridized carbons (Fsp3) is 0.364. The zero-order valence-corrected chi connectivity index (χ0v) is 10.4. The Balaban J connectivity index is 2.87. The van der Waals surface area contributed by atoms with Crippen molar-refractivity contribution in [3.63, 3.8) is 0 Å². The number of carbonyl (C=O) groups excluding carboxylic acids is 1. The summed E-state index contributed by atoms with van der Waals surface area (Å²) in [6.07, 6.45) is 0. The van der Waals surface area contributed by atoms with Gasteiger partial charge in [-0.25, -0.2) is 0 Å². The number of halogens is 1. The smallest absolute Gasteiger partial charge is 0.253 e. The zero-order valence-electron chi connectivity index (χ0n) is 8.83. The highest BCUT2D eigenvalue weighted by Gasteiger charge is 2.11. The molecule has 0 saturated carbocycles. The Kier molecular flexibility index (Phi) is 4.15. The van der Waals surface area contributed by atoms with Crippen molar-refractivity contribution >= 4 is 21.8 Å². The standard InChI is InChI=1S/C11H14BrNO2/c1-8-7-9(3-4-10(8)14)11(15)13(2)6-5-12/h3-4,7,14H,5-6H2,1-2H3. The summed E-state index contributed by atoms with van der Waals surface area (Å²) in [5.41, 5.74) is 1.32. The first kappa shape index (κ1) is 12.0. The lowest BCUT2D eigenvalue weighted by molar-refractivity contribution is 0.0804. The van der Waals surface area contributed by atoms with E-state index in [-0.39, 0.29) is 11.7 Å². The van der Waals surface area contributed by atoms with Gasteiger partial charge in [-0.15, -0.1) is 0 Å². The number of nitrogens with zero attached hydrogens (tertiary/aromatic N) is 1. The van der Waals surface area contributed by atoms with E-state index in [4.69, 9.17) is 0 Å². The number of rotatable bonds is 3. The van der Waals surface area contributed by atoms with Gasteiger partial charge in [0.05, 0.1) is 0 Å². The van der Waals surface area contributed by atoms with E-state index >= 15 is 0 Å². The van der Waals surface area contributed by atoms with E-state index in [1.165, 1.54) is 0 Å². The molecule has 0 spiro atoms. The van der Waals surface area contributed by atoms with Crippen molar-refractivity contribution in [2.24, 2.45) is 0 Å². The molecule has 1 amide bonds. The van der Waals surface area contributed by atoms with E-state index < -0.39 is 0 Å². The summed E-state index contributed by atoms with van der Waals surface area (Å²) in [6, 6.07) is 4.88. The highest BCUT2D eigenvalue weighted by atomic mass is 79.9. The summed E-state index contributed by atoms with van der Waals surface area (Å²) in [5.74, 6) is 0.187. The number of alkyl halides is 1. The molecule has 0 aliphatic carbocycles. The SMILES string of the molecule is Cc1cc(C(=O)N(C)CCBr)ccc1O. The van der Waals surface area contributed by atoms with Crippen LogP contribution in [0.2, 0.25) is 0 Å². The molecule has 0 aliphatic rings. The van der Waals surface area contributed by atoms with E-state index in [9.17, 15) is 9.90 Å². The number of amides is 1. The Morgan fingerprint density at radius 3 is 2.73 bits per heavy atom. The van der Waals surface area contributed by atoms with Crippen LogP contribution < -0.4 is 0 Å². The molecule has 0 radical (unpaired) electrons. The summed E-state index contributed by atoms with van der Waals surface area (Å²) < 4.78 is 0. The van der Waals surface area contributed by atoms with Crippen molar-refractivity contribution in [3.05, 3.63) is 29.3 Å². The predicted octanol–water partition coefficient (Wildman–Crippen LogP) is 2.17. The van der Waals surface area contributed by atoms with E-state index in [2.05, 4.69) is 15.9 Å². The number of benzene rings is 1. The Morgan fingerprint density at radius 2 is 2.20 bits per heavy atom. The molecule has 3 nitrogen and oxygen atoms in total. The van der Waals surface area contributed by atoms with Crippen LogP contribution >= 0.6 is 15.9 Å². The molecule has 1 aromatic rings. The van der Waals surface area contributed by atoms with Crippen LogP contribution in [0, 0.1) is 6.92 Å². The van der Waals surface area contributed by atoms with Crippen LogP contribution in [-0.4, -0.2) is 34.8 Å². The average molecular weight is 272 g/mol. The van der Waals surface area contributed by atoms with Gasteiger partial charge >= 0.3 is 0 Å². The minimum absolute atomic E-state index is 0.0300. The van der Waals surface area contributed by atoms with Crippen molar-refractivity contribution in [3.8, 4) is 5.75 Å². The number of hydrogen-bond acceptors (Lipinski definition) is 2. The van der Waals surface area contributed by atoms with Gasteiger partial charge in [-0.2, -0.15) is 0 Å². The molecule has 0 fully saturated rings. The first-order valence-electron chi connectivity index (χ1n) is 4.67. The first-order valence-corrected chi connectivity index (χ1v) is 5.79. The van der Waals surface area contributed by atoms with Gasteiger partial charge in [0, 0.05) is 24.5 Å². The summed E-state index contributed by atoms with van der Waals surface area (Å²) in [5, 5.41) is 10.1. The summed E-state index contributed by atoms with van der Waals surface area (Å²) >= 11 is 3.28. The lowest BCUT2D eigenvalue weighted by Gasteiger charge is -2.15. The second-order valence-corrected chi connectivity index (χ2v) is 4.21. The fourth-order valence-corrected chi connectivity index (χ4v) is 1.77. The Hall–Kier alpha value is -1.03. The van der Waals surface area contributed by atoms with Crippen molar-refractivity contribution in [2.75, 3.05) is 18.9 Å².